The summed E-state index contributed by atoms with van der Waals surface area (Å²) in [6.07, 6.45) is 0. The Morgan fingerprint density at radius 1 is 0.299 bits per heavy atom. The molecule has 1 spiro atoms. The highest BCUT2D eigenvalue weighted by Gasteiger charge is 2.51. The number of nitrogens with zero attached hydrogens (tertiary/aromatic N) is 1. The molecule has 0 saturated carbocycles. The lowest BCUT2D eigenvalue weighted by molar-refractivity contribution is 0.436. The molecule has 0 radical (unpaired) electrons. The van der Waals surface area contributed by atoms with Crippen LogP contribution in [0.15, 0.2) is 285 Å². The second-order valence-electron chi connectivity index (χ2n) is 20.6. The fourth-order valence-corrected chi connectivity index (χ4v) is 14.9. The summed E-state index contributed by atoms with van der Waals surface area (Å²) in [5.41, 5.74) is 21.8. The fourth-order valence-electron chi connectivity index (χ4n) is 13.8. The summed E-state index contributed by atoms with van der Waals surface area (Å²) in [6, 6.07) is 106. The summed E-state index contributed by atoms with van der Waals surface area (Å²) >= 11 is 1.86. The van der Waals surface area contributed by atoms with E-state index < -0.39 is 10.8 Å². The third-order valence-corrected chi connectivity index (χ3v) is 18.0. The Morgan fingerprint density at radius 3 is 1.51 bits per heavy atom. The Kier molecular flexibility index (Phi) is 9.67. The van der Waals surface area contributed by atoms with Gasteiger partial charge in [-0.2, -0.15) is 0 Å². The van der Waals surface area contributed by atoms with Crippen LogP contribution in [0.2, 0.25) is 0 Å². The van der Waals surface area contributed by atoms with E-state index in [1.807, 2.05) is 11.3 Å². The molecule has 1 aromatic heterocycles. The zero-order chi connectivity index (χ0) is 50.7. The van der Waals surface area contributed by atoms with Crippen LogP contribution in [0.3, 0.4) is 0 Å². The quantitative estimate of drug-likeness (QED) is 0.158. The molecule has 3 aliphatic rings. The zero-order valence-electron chi connectivity index (χ0n) is 41.9. The molecular weight excluding hydrogens is 951 g/mol. The largest absolute Gasteiger partial charge is 0.457 e. The van der Waals surface area contributed by atoms with E-state index in [9.17, 15) is 0 Å². The fraction of sp³-hybridized carbons (Fsp3) is 0.0270. The number of hydrogen-bond acceptors (Lipinski definition) is 3. The van der Waals surface area contributed by atoms with Crippen LogP contribution < -0.4 is 9.64 Å². The van der Waals surface area contributed by atoms with Crippen molar-refractivity contribution in [2.75, 3.05) is 4.90 Å². The number of benzene rings is 12. The Bertz CT molecular complexity index is 4440. The molecule has 77 heavy (non-hydrogen) atoms. The molecule has 0 amide bonds. The molecular formula is C74H47NOS. The predicted molar refractivity (Wildman–Crippen MR) is 320 cm³/mol. The molecule has 1 atom stereocenters. The van der Waals surface area contributed by atoms with E-state index in [0.29, 0.717) is 0 Å². The van der Waals surface area contributed by atoms with Crippen LogP contribution >= 0.6 is 11.3 Å². The van der Waals surface area contributed by atoms with Gasteiger partial charge in [0.1, 0.15) is 11.5 Å². The van der Waals surface area contributed by atoms with E-state index in [2.05, 4.69) is 290 Å². The van der Waals surface area contributed by atoms with Gasteiger partial charge in [0, 0.05) is 48.4 Å². The molecule has 16 rings (SSSR count). The van der Waals surface area contributed by atoms with Crippen LogP contribution in [-0.4, -0.2) is 0 Å². The van der Waals surface area contributed by atoms with Gasteiger partial charge in [-0.15, -0.1) is 11.3 Å². The molecule has 3 heteroatoms. The molecule has 12 aromatic carbocycles. The first-order valence-corrected chi connectivity index (χ1v) is 27.4. The van der Waals surface area contributed by atoms with Gasteiger partial charge >= 0.3 is 0 Å². The van der Waals surface area contributed by atoms with Crippen LogP contribution in [0.4, 0.5) is 17.1 Å². The first-order valence-electron chi connectivity index (χ1n) is 26.6. The van der Waals surface area contributed by atoms with Gasteiger partial charge in [-0.3, -0.25) is 0 Å². The minimum atomic E-state index is -0.620. The third-order valence-electron chi connectivity index (χ3n) is 16.8. The van der Waals surface area contributed by atoms with Crippen molar-refractivity contribution < 1.29 is 4.74 Å². The number of fused-ring (bicyclic) bond motifs is 15. The summed E-state index contributed by atoms with van der Waals surface area (Å²) in [5.74, 6) is 1.74. The second kappa shape index (κ2) is 17.0. The summed E-state index contributed by atoms with van der Waals surface area (Å²) in [6.45, 7) is 0. The summed E-state index contributed by atoms with van der Waals surface area (Å²) < 4.78 is 9.53. The first-order chi connectivity index (χ1) is 38.2. The highest BCUT2D eigenvalue weighted by molar-refractivity contribution is 7.26. The molecule has 360 valence electrons. The van der Waals surface area contributed by atoms with Gasteiger partial charge < -0.3 is 9.64 Å². The standard InChI is InChI=1S/C74H47NOS/c1-4-20-48(21-5-1)55-29-18-35-65-71(55)59-28-12-15-33-63(59)73(65,50-24-8-3-9-25-50)51-38-40-52(41-39-51)75(53-43-45-69-60(46-53)72-56(30-19-37-70(72)77-69)49-22-6-2-7-23-49)54-42-44-68-66(47-54)74(64-34-16-17-36-67(64)76-68)61-31-13-10-26-57(61)58-27-11-14-32-62(58)74/h1-47H. The maximum absolute atomic E-state index is 6.99. The van der Waals surface area contributed by atoms with Gasteiger partial charge in [-0.05, 0) is 139 Å². The molecule has 0 fully saturated rings. The van der Waals surface area contributed by atoms with Gasteiger partial charge in [-0.25, -0.2) is 0 Å². The number of rotatable bonds is 7. The SMILES string of the molecule is c1ccc(-c2cccc3c2-c2ccccc2C3(c2ccccc2)c2ccc(N(c3ccc4c(c3)C3(c5ccccc5O4)c4ccccc4-c4ccccc43)c3ccc4sc5cccc(-c6ccccc6)c5c4c3)cc2)cc1. The van der Waals surface area contributed by atoms with Gasteiger partial charge in [0.2, 0.25) is 0 Å². The maximum Gasteiger partial charge on any atom is 0.132 e. The average molecular weight is 998 g/mol. The van der Waals surface area contributed by atoms with Gasteiger partial charge in [0.25, 0.3) is 0 Å². The van der Waals surface area contributed by atoms with Crippen LogP contribution in [0.25, 0.3) is 64.7 Å². The first kappa shape index (κ1) is 43.8. The Hall–Kier alpha value is -9.54. The van der Waals surface area contributed by atoms with E-state index >= 15 is 0 Å². The Labute approximate surface area is 452 Å². The van der Waals surface area contributed by atoms with Gasteiger partial charge in [-0.1, -0.05) is 224 Å². The van der Waals surface area contributed by atoms with Crippen molar-refractivity contribution in [2.24, 2.45) is 0 Å². The second-order valence-corrected chi connectivity index (χ2v) is 21.7. The van der Waals surface area contributed by atoms with Crippen LogP contribution in [0.5, 0.6) is 11.5 Å². The molecule has 1 unspecified atom stereocenters. The van der Waals surface area contributed by atoms with Crippen molar-refractivity contribution in [2.45, 2.75) is 10.8 Å². The lowest BCUT2D eigenvalue weighted by Gasteiger charge is -2.40. The summed E-state index contributed by atoms with van der Waals surface area (Å²) in [7, 11) is 0. The topological polar surface area (TPSA) is 12.5 Å². The number of para-hydroxylation sites is 1. The zero-order valence-corrected chi connectivity index (χ0v) is 42.7. The average Bonchev–Trinajstić information content (AvgIpc) is 4.20. The minimum absolute atomic E-state index is 0.587. The molecule has 0 saturated heterocycles. The van der Waals surface area contributed by atoms with E-state index in [1.165, 1.54) is 98.1 Å². The summed E-state index contributed by atoms with van der Waals surface area (Å²) in [5, 5.41) is 2.52. The van der Waals surface area contributed by atoms with E-state index in [4.69, 9.17) is 4.74 Å². The molecule has 2 nitrogen and oxygen atoms in total. The molecule has 0 N–H and O–H groups in total. The van der Waals surface area contributed by atoms with Gasteiger partial charge in [0.15, 0.2) is 0 Å². The summed E-state index contributed by atoms with van der Waals surface area (Å²) in [4.78, 5) is 2.47. The van der Waals surface area contributed by atoms with E-state index in [0.717, 1.165) is 39.7 Å². The lowest BCUT2D eigenvalue weighted by Crippen LogP contribution is -2.32. The van der Waals surface area contributed by atoms with E-state index in [-0.39, 0.29) is 0 Å². The lowest BCUT2D eigenvalue weighted by atomic mass is 9.66. The third kappa shape index (κ3) is 6.23. The predicted octanol–water partition coefficient (Wildman–Crippen LogP) is 19.7. The van der Waals surface area contributed by atoms with Crippen molar-refractivity contribution in [1.82, 2.24) is 0 Å². The molecule has 2 heterocycles. The maximum atomic E-state index is 6.99. The smallest absolute Gasteiger partial charge is 0.132 e. The highest BCUT2D eigenvalue weighted by Crippen LogP contribution is 2.63. The number of anilines is 3. The van der Waals surface area contributed by atoms with Crippen molar-refractivity contribution in [3.8, 4) is 56.0 Å². The number of ether oxygens (including phenoxy) is 1. The number of hydrogen-bond donors (Lipinski definition) is 0. The highest BCUT2D eigenvalue weighted by atomic mass is 32.1. The monoisotopic (exact) mass is 997 g/mol. The minimum Gasteiger partial charge on any atom is -0.457 e. The van der Waals surface area contributed by atoms with Crippen LogP contribution in [0.1, 0.15) is 44.5 Å². The van der Waals surface area contributed by atoms with E-state index in [1.54, 1.807) is 0 Å². The van der Waals surface area contributed by atoms with Gasteiger partial charge in [0.05, 0.1) is 10.8 Å². The Balaban J connectivity index is 0.943. The van der Waals surface area contributed by atoms with Crippen LogP contribution in [0, 0.1) is 0 Å². The Morgan fingerprint density at radius 2 is 0.792 bits per heavy atom. The van der Waals surface area contributed by atoms with Crippen molar-refractivity contribution in [1.29, 1.82) is 0 Å². The van der Waals surface area contributed by atoms with Crippen molar-refractivity contribution >= 4 is 48.6 Å². The molecule has 0 bridgehead atoms. The van der Waals surface area contributed by atoms with Crippen LogP contribution in [-0.2, 0) is 10.8 Å². The molecule has 2 aliphatic carbocycles. The van der Waals surface area contributed by atoms with Crippen molar-refractivity contribution in [3.05, 3.63) is 330 Å². The molecule has 13 aromatic rings. The normalized spacial score (nSPS) is 15.0. The number of thiophene rings is 1. The van der Waals surface area contributed by atoms with Crippen molar-refractivity contribution in [3.63, 3.8) is 0 Å². The molecule has 1 aliphatic heterocycles.